The Morgan fingerprint density at radius 2 is 1.89 bits per heavy atom. The van der Waals surface area contributed by atoms with E-state index in [0.29, 0.717) is 21.6 Å². The van der Waals surface area contributed by atoms with Gasteiger partial charge in [-0.25, -0.2) is 4.99 Å². The molecule has 6 heteroatoms. The molecule has 2 aromatic rings. The van der Waals surface area contributed by atoms with E-state index in [2.05, 4.69) is 4.99 Å². The van der Waals surface area contributed by atoms with E-state index in [-0.39, 0.29) is 12.0 Å². The van der Waals surface area contributed by atoms with Crippen LogP contribution < -0.4 is 4.74 Å². The van der Waals surface area contributed by atoms with Crippen molar-refractivity contribution >= 4 is 46.2 Å². The van der Waals surface area contributed by atoms with Gasteiger partial charge < -0.3 is 4.74 Å². The highest BCUT2D eigenvalue weighted by Crippen LogP contribution is 2.35. The predicted molar refractivity (Wildman–Crippen MR) is 114 cm³/mol. The molecule has 3 rings (SSSR count). The van der Waals surface area contributed by atoms with Crippen LogP contribution in [0, 0.1) is 0 Å². The Balaban J connectivity index is 1.93. The van der Waals surface area contributed by atoms with E-state index in [9.17, 15) is 4.79 Å². The third kappa shape index (κ3) is 4.73. The number of amidine groups is 1. The number of likely N-dealkylation sites (N-methyl/N-ethyl adjacent to an activating group) is 1. The third-order valence-electron chi connectivity index (χ3n) is 3.82. The Kier molecular flexibility index (Phi) is 6.24. The molecule has 0 radical (unpaired) electrons. The fourth-order valence-electron chi connectivity index (χ4n) is 2.60. The second kappa shape index (κ2) is 8.63. The van der Waals surface area contributed by atoms with Crippen LogP contribution in [0.2, 0.25) is 5.02 Å². The van der Waals surface area contributed by atoms with Gasteiger partial charge in [0.15, 0.2) is 5.17 Å². The lowest BCUT2D eigenvalue weighted by Gasteiger charge is -2.13. The van der Waals surface area contributed by atoms with E-state index >= 15 is 0 Å². The maximum absolute atomic E-state index is 12.8. The van der Waals surface area contributed by atoms with Crippen LogP contribution in [0.15, 0.2) is 58.4 Å². The summed E-state index contributed by atoms with van der Waals surface area (Å²) < 4.78 is 5.86. The van der Waals surface area contributed by atoms with Gasteiger partial charge >= 0.3 is 0 Å². The summed E-state index contributed by atoms with van der Waals surface area (Å²) in [6, 6.07) is 15.0. The number of amides is 1. The minimum absolute atomic E-state index is 0.0467. The lowest BCUT2D eigenvalue weighted by atomic mass is 10.2. The van der Waals surface area contributed by atoms with Crippen LogP contribution in [-0.4, -0.2) is 28.6 Å². The highest BCUT2D eigenvalue weighted by atomic mass is 35.5. The molecule has 0 atom stereocenters. The molecule has 0 saturated carbocycles. The zero-order chi connectivity index (χ0) is 19.4. The molecule has 1 heterocycles. The molecule has 1 aliphatic heterocycles. The summed E-state index contributed by atoms with van der Waals surface area (Å²) in [6.45, 7) is 6.46. The number of ether oxygens (including phenoxy) is 1. The van der Waals surface area contributed by atoms with Gasteiger partial charge in [0.1, 0.15) is 5.75 Å². The lowest BCUT2D eigenvalue weighted by molar-refractivity contribution is -0.122. The third-order valence-corrected chi connectivity index (χ3v) is 5.08. The molecule has 27 heavy (non-hydrogen) atoms. The minimum atomic E-state index is -0.0467. The van der Waals surface area contributed by atoms with Crippen LogP contribution in [0.25, 0.3) is 6.08 Å². The largest absolute Gasteiger partial charge is 0.490 e. The van der Waals surface area contributed by atoms with Crippen molar-refractivity contribution in [3.63, 3.8) is 0 Å². The van der Waals surface area contributed by atoms with Gasteiger partial charge in [-0.15, -0.1) is 0 Å². The Morgan fingerprint density at radius 3 is 2.56 bits per heavy atom. The number of para-hydroxylation sites is 1. The molecule has 0 aromatic heterocycles. The molecule has 0 aliphatic carbocycles. The van der Waals surface area contributed by atoms with Crippen molar-refractivity contribution in [2.24, 2.45) is 4.99 Å². The summed E-state index contributed by atoms with van der Waals surface area (Å²) in [6.07, 6.45) is 1.93. The number of thioether (sulfide) groups is 1. The van der Waals surface area contributed by atoms with E-state index in [0.717, 1.165) is 17.0 Å². The number of halogens is 1. The number of carbonyl (C=O) groups is 1. The van der Waals surface area contributed by atoms with Crippen molar-refractivity contribution in [1.82, 2.24) is 4.90 Å². The van der Waals surface area contributed by atoms with E-state index in [1.807, 2.05) is 63.2 Å². The molecule has 0 bridgehead atoms. The number of benzene rings is 2. The van der Waals surface area contributed by atoms with Crippen molar-refractivity contribution in [2.45, 2.75) is 26.9 Å². The smallest absolute Gasteiger partial charge is 0.266 e. The number of aliphatic imine (C=N–C) groups is 1. The fraction of sp³-hybridized carbons (Fsp3) is 0.238. The van der Waals surface area contributed by atoms with Gasteiger partial charge in [-0.3, -0.25) is 9.69 Å². The molecule has 0 spiro atoms. The molecule has 0 N–H and O–H groups in total. The van der Waals surface area contributed by atoms with Crippen molar-refractivity contribution < 1.29 is 9.53 Å². The predicted octanol–water partition coefficient (Wildman–Crippen LogP) is 5.75. The monoisotopic (exact) mass is 400 g/mol. The van der Waals surface area contributed by atoms with E-state index < -0.39 is 0 Å². The number of nitrogens with zero attached hydrogens (tertiary/aromatic N) is 2. The fourth-order valence-corrected chi connectivity index (χ4v) is 3.78. The van der Waals surface area contributed by atoms with Crippen molar-refractivity contribution in [2.75, 3.05) is 6.54 Å². The second-order valence-corrected chi connectivity index (χ2v) is 7.68. The Morgan fingerprint density at radius 1 is 1.19 bits per heavy atom. The van der Waals surface area contributed by atoms with Crippen molar-refractivity contribution in [3.05, 3.63) is 64.0 Å². The van der Waals surface area contributed by atoms with Crippen LogP contribution in [0.4, 0.5) is 5.69 Å². The summed E-state index contributed by atoms with van der Waals surface area (Å²) >= 11 is 7.30. The Labute approximate surface area is 168 Å². The van der Waals surface area contributed by atoms with Gasteiger partial charge in [0.05, 0.1) is 16.7 Å². The number of carbonyl (C=O) groups excluding carboxylic acids is 1. The van der Waals surface area contributed by atoms with E-state index in [4.69, 9.17) is 16.3 Å². The first kappa shape index (κ1) is 19.5. The van der Waals surface area contributed by atoms with Crippen molar-refractivity contribution in [1.29, 1.82) is 0 Å². The normalized spacial score (nSPS) is 17.4. The first-order valence-corrected chi connectivity index (χ1v) is 9.98. The first-order chi connectivity index (χ1) is 13.0. The molecule has 140 valence electrons. The quantitative estimate of drug-likeness (QED) is 0.600. The van der Waals surface area contributed by atoms with Gasteiger partial charge in [-0.1, -0.05) is 29.8 Å². The van der Waals surface area contributed by atoms with Crippen LogP contribution in [0.3, 0.4) is 0 Å². The summed E-state index contributed by atoms with van der Waals surface area (Å²) in [5, 5.41) is 1.32. The number of hydrogen-bond acceptors (Lipinski definition) is 4. The summed E-state index contributed by atoms with van der Waals surface area (Å²) in [7, 11) is 0. The van der Waals surface area contributed by atoms with Gasteiger partial charge in [-0.05, 0) is 68.9 Å². The maximum atomic E-state index is 12.8. The van der Waals surface area contributed by atoms with Gasteiger partial charge in [0.2, 0.25) is 0 Å². The molecular formula is C21H21ClN2O2S. The van der Waals surface area contributed by atoms with Crippen LogP contribution in [-0.2, 0) is 4.79 Å². The average molecular weight is 401 g/mol. The van der Waals surface area contributed by atoms with E-state index in [1.165, 1.54) is 11.8 Å². The standard InChI is InChI=1S/C21H21ClN2O2S/c1-4-24-20(25)19(13-15-7-5-6-8-18(15)26-14(2)3)27-21(24)23-17-11-9-16(22)10-12-17/h5-14H,4H2,1-3H3/b19-13+,23-21?. The molecule has 1 fully saturated rings. The molecular weight excluding hydrogens is 380 g/mol. The number of rotatable bonds is 5. The SMILES string of the molecule is CCN1C(=O)/C(=C\c2ccccc2OC(C)C)SC1=Nc1ccc(Cl)cc1. The lowest BCUT2D eigenvalue weighted by Crippen LogP contribution is -2.28. The van der Waals surface area contributed by atoms with E-state index in [1.54, 1.807) is 17.0 Å². The van der Waals surface area contributed by atoms with Crippen LogP contribution in [0.1, 0.15) is 26.3 Å². The molecule has 1 amide bonds. The maximum Gasteiger partial charge on any atom is 0.266 e. The summed E-state index contributed by atoms with van der Waals surface area (Å²) in [5.74, 6) is 0.717. The number of hydrogen-bond donors (Lipinski definition) is 0. The average Bonchev–Trinajstić information content (AvgIpc) is 2.93. The second-order valence-electron chi connectivity index (χ2n) is 6.24. The first-order valence-electron chi connectivity index (χ1n) is 8.79. The molecule has 0 unspecified atom stereocenters. The summed E-state index contributed by atoms with van der Waals surface area (Å²) in [5.41, 5.74) is 1.64. The minimum Gasteiger partial charge on any atom is -0.490 e. The molecule has 1 aliphatic rings. The topological polar surface area (TPSA) is 41.9 Å². The molecule has 1 saturated heterocycles. The van der Waals surface area contributed by atoms with Gasteiger partial charge in [0.25, 0.3) is 5.91 Å². The molecule has 4 nitrogen and oxygen atoms in total. The van der Waals surface area contributed by atoms with Crippen LogP contribution in [0.5, 0.6) is 5.75 Å². The Bertz CT molecular complexity index is 891. The van der Waals surface area contributed by atoms with Gasteiger partial charge in [0, 0.05) is 17.1 Å². The highest BCUT2D eigenvalue weighted by molar-refractivity contribution is 8.18. The highest BCUT2D eigenvalue weighted by Gasteiger charge is 2.32. The zero-order valence-corrected chi connectivity index (χ0v) is 17.1. The summed E-state index contributed by atoms with van der Waals surface area (Å²) in [4.78, 5) is 19.7. The Hall–Kier alpha value is -2.24. The molecule has 2 aromatic carbocycles. The van der Waals surface area contributed by atoms with Crippen LogP contribution >= 0.6 is 23.4 Å². The van der Waals surface area contributed by atoms with Crippen molar-refractivity contribution in [3.8, 4) is 5.75 Å². The van der Waals surface area contributed by atoms with Gasteiger partial charge in [-0.2, -0.15) is 0 Å². The zero-order valence-electron chi connectivity index (χ0n) is 15.5.